The monoisotopic (exact) mass is 359 g/mol. The summed E-state index contributed by atoms with van der Waals surface area (Å²) in [5, 5.41) is 0. The van der Waals surface area contributed by atoms with E-state index in [1.54, 1.807) is 17.5 Å². The quantitative estimate of drug-likeness (QED) is 0.356. The molecule has 0 radical (unpaired) electrons. The molecule has 0 aromatic carbocycles. The Balaban J connectivity index is 1.71. The Morgan fingerprint density at radius 2 is 2.08 bits per heavy atom. The van der Waals surface area contributed by atoms with Gasteiger partial charge in [0.1, 0.15) is 0 Å². The summed E-state index contributed by atoms with van der Waals surface area (Å²) in [6.07, 6.45) is 7.91. The lowest BCUT2D eigenvalue weighted by Crippen LogP contribution is -2.10. The first-order chi connectivity index (χ1) is 12.0. The van der Waals surface area contributed by atoms with Crippen molar-refractivity contribution in [2.45, 2.75) is 46.0 Å². The van der Waals surface area contributed by atoms with Crippen molar-refractivity contribution < 1.29 is 14.3 Å². The van der Waals surface area contributed by atoms with E-state index in [-0.39, 0.29) is 17.7 Å². The summed E-state index contributed by atoms with van der Waals surface area (Å²) >= 11 is 1.56. The van der Waals surface area contributed by atoms with Gasteiger partial charge in [0.25, 0.3) is 0 Å². The fourth-order valence-electron chi connectivity index (χ4n) is 2.58. The van der Waals surface area contributed by atoms with Gasteiger partial charge in [0.2, 0.25) is 0 Å². The minimum absolute atomic E-state index is 0.218. The van der Waals surface area contributed by atoms with Crippen molar-refractivity contribution in [2.24, 2.45) is 5.92 Å². The number of hydrogen-bond donors (Lipinski definition) is 0. The van der Waals surface area contributed by atoms with Gasteiger partial charge in [0, 0.05) is 30.6 Å². The summed E-state index contributed by atoms with van der Waals surface area (Å²) in [5.74, 6) is 0.222. The molecule has 0 fully saturated rings. The van der Waals surface area contributed by atoms with Gasteiger partial charge in [-0.3, -0.25) is 14.6 Å². The first-order valence-electron chi connectivity index (χ1n) is 8.68. The maximum Gasteiger partial charge on any atom is 0.302 e. The number of carbonyl (C=O) groups is 2. The maximum atomic E-state index is 12.3. The number of ketones is 1. The molecule has 0 spiro atoms. The molecule has 0 aliphatic carbocycles. The highest BCUT2D eigenvalue weighted by Crippen LogP contribution is 2.22. The molecule has 134 valence electrons. The molecule has 0 saturated heterocycles. The molecule has 5 heteroatoms. The van der Waals surface area contributed by atoms with Gasteiger partial charge in [-0.2, -0.15) is 0 Å². The lowest BCUT2D eigenvalue weighted by Gasteiger charge is -2.09. The number of pyridine rings is 1. The zero-order valence-electron chi connectivity index (χ0n) is 14.9. The molecule has 2 rings (SSSR count). The molecular weight excluding hydrogens is 334 g/mol. The number of nitrogens with zero attached hydrogens (tertiary/aromatic N) is 1. The third-order valence-electron chi connectivity index (χ3n) is 3.90. The zero-order valence-corrected chi connectivity index (χ0v) is 15.7. The van der Waals surface area contributed by atoms with E-state index in [2.05, 4.69) is 11.1 Å². The van der Waals surface area contributed by atoms with E-state index in [0.717, 1.165) is 30.6 Å². The van der Waals surface area contributed by atoms with E-state index in [9.17, 15) is 9.59 Å². The number of aryl methyl sites for hydroxylation is 1. The van der Waals surface area contributed by atoms with Gasteiger partial charge in [0.15, 0.2) is 5.78 Å². The third-order valence-corrected chi connectivity index (χ3v) is 5.05. The Morgan fingerprint density at radius 3 is 2.80 bits per heavy atom. The number of thiophene rings is 1. The predicted octanol–water partition coefficient (Wildman–Crippen LogP) is 4.48. The molecule has 2 aromatic heterocycles. The Morgan fingerprint density at radius 1 is 1.24 bits per heavy atom. The van der Waals surface area contributed by atoms with E-state index in [1.807, 2.05) is 31.3 Å². The van der Waals surface area contributed by atoms with Crippen LogP contribution in [0.25, 0.3) is 0 Å². The van der Waals surface area contributed by atoms with Crippen LogP contribution < -0.4 is 0 Å². The number of hydrogen-bond acceptors (Lipinski definition) is 5. The standard InChI is InChI=1S/C20H25NO3S/c1-15(14-24-16(2)22)12-18-9-10-20(25-18)19(23)8-4-3-6-17-7-5-11-21-13-17/h5,7,9-11,13,15H,3-4,6,8,12,14H2,1-2H3/t15-/m0/s1. The molecule has 0 bridgehead atoms. The number of ether oxygens (including phenoxy) is 1. The van der Waals surface area contributed by atoms with Crippen LogP contribution in [0, 0.1) is 5.92 Å². The fourth-order valence-corrected chi connectivity index (χ4v) is 3.72. The van der Waals surface area contributed by atoms with Crippen LogP contribution in [0.3, 0.4) is 0 Å². The number of Topliss-reactive ketones (excluding diaryl/α,β-unsaturated/α-hetero) is 1. The highest BCUT2D eigenvalue weighted by atomic mass is 32.1. The molecule has 2 heterocycles. The van der Waals surface area contributed by atoms with Gasteiger partial charge in [-0.05, 0) is 55.4 Å². The Bertz CT molecular complexity index is 681. The van der Waals surface area contributed by atoms with Crippen molar-refractivity contribution in [2.75, 3.05) is 6.61 Å². The summed E-state index contributed by atoms with van der Waals surface area (Å²) in [7, 11) is 0. The van der Waals surface area contributed by atoms with Crippen molar-refractivity contribution in [1.82, 2.24) is 4.98 Å². The largest absolute Gasteiger partial charge is 0.466 e. The summed E-state index contributed by atoms with van der Waals surface area (Å²) in [5.41, 5.74) is 1.22. The molecular formula is C20H25NO3S. The highest BCUT2D eigenvalue weighted by Gasteiger charge is 2.12. The van der Waals surface area contributed by atoms with Crippen LogP contribution in [0.5, 0.6) is 0 Å². The van der Waals surface area contributed by atoms with Gasteiger partial charge in [-0.1, -0.05) is 13.0 Å². The molecule has 4 nitrogen and oxygen atoms in total. The average Bonchev–Trinajstić information content (AvgIpc) is 3.06. The van der Waals surface area contributed by atoms with Gasteiger partial charge in [0.05, 0.1) is 11.5 Å². The second-order valence-corrected chi connectivity index (χ2v) is 7.54. The average molecular weight is 359 g/mol. The summed E-state index contributed by atoms with van der Waals surface area (Å²) in [4.78, 5) is 29.2. The number of esters is 1. The van der Waals surface area contributed by atoms with Crippen molar-refractivity contribution in [1.29, 1.82) is 0 Å². The van der Waals surface area contributed by atoms with Crippen molar-refractivity contribution in [3.8, 4) is 0 Å². The first kappa shape index (κ1) is 19.3. The van der Waals surface area contributed by atoms with E-state index in [0.29, 0.717) is 13.0 Å². The predicted molar refractivity (Wildman–Crippen MR) is 99.9 cm³/mol. The highest BCUT2D eigenvalue weighted by molar-refractivity contribution is 7.14. The van der Waals surface area contributed by atoms with Crippen LogP contribution in [0.15, 0.2) is 36.7 Å². The Kier molecular flexibility index (Phi) is 7.79. The molecule has 25 heavy (non-hydrogen) atoms. The third kappa shape index (κ3) is 7.18. The molecule has 0 aliphatic heterocycles. The molecule has 0 N–H and O–H groups in total. The lowest BCUT2D eigenvalue weighted by molar-refractivity contribution is -0.142. The molecule has 0 amide bonds. The van der Waals surface area contributed by atoms with Gasteiger partial charge < -0.3 is 4.74 Å². The molecule has 1 atom stereocenters. The van der Waals surface area contributed by atoms with Gasteiger partial charge in [-0.15, -0.1) is 11.3 Å². The van der Waals surface area contributed by atoms with Crippen LogP contribution in [-0.4, -0.2) is 23.3 Å². The molecule has 0 saturated carbocycles. The molecule has 0 unspecified atom stereocenters. The van der Waals surface area contributed by atoms with E-state index in [4.69, 9.17) is 4.74 Å². The van der Waals surface area contributed by atoms with Gasteiger partial charge >= 0.3 is 5.97 Å². The topological polar surface area (TPSA) is 56.3 Å². The summed E-state index contributed by atoms with van der Waals surface area (Å²) in [6.45, 7) is 3.89. The van der Waals surface area contributed by atoms with Crippen LogP contribution >= 0.6 is 11.3 Å². The van der Waals surface area contributed by atoms with Crippen molar-refractivity contribution in [3.05, 3.63) is 52.0 Å². The van der Waals surface area contributed by atoms with E-state index >= 15 is 0 Å². The number of carbonyl (C=O) groups excluding carboxylic acids is 2. The SMILES string of the molecule is CC(=O)OC[C@@H](C)Cc1ccc(C(=O)CCCCc2cccnc2)s1. The van der Waals surface area contributed by atoms with Crippen molar-refractivity contribution >= 4 is 23.1 Å². The number of aromatic nitrogens is 1. The first-order valence-corrected chi connectivity index (χ1v) is 9.50. The second kappa shape index (κ2) is 10.1. The van der Waals surface area contributed by atoms with E-state index < -0.39 is 0 Å². The lowest BCUT2D eigenvalue weighted by atomic mass is 10.1. The number of rotatable bonds is 10. The zero-order chi connectivity index (χ0) is 18.1. The molecule has 0 aliphatic rings. The smallest absolute Gasteiger partial charge is 0.302 e. The second-order valence-electron chi connectivity index (χ2n) is 6.37. The summed E-state index contributed by atoms with van der Waals surface area (Å²) < 4.78 is 5.03. The Hall–Kier alpha value is -2.01. The van der Waals surface area contributed by atoms with Crippen LogP contribution in [0.4, 0.5) is 0 Å². The maximum absolute atomic E-state index is 12.3. The Labute approximate surface area is 153 Å². The van der Waals surface area contributed by atoms with Crippen LogP contribution in [0.1, 0.15) is 53.2 Å². The molecule has 2 aromatic rings. The number of unbranched alkanes of at least 4 members (excludes halogenated alkanes) is 1. The fraction of sp³-hybridized carbons (Fsp3) is 0.450. The van der Waals surface area contributed by atoms with E-state index in [1.165, 1.54) is 17.4 Å². The minimum atomic E-state index is -0.250. The van der Waals surface area contributed by atoms with Crippen LogP contribution in [0.2, 0.25) is 0 Å². The van der Waals surface area contributed by atoms with Gasteiger partial charge in [-0.25, -0.2) is 0 Å². The minimum Gasteiger partial charge on any atom is -0.466 e. The normalized spacial score (nSPS) is 11.9. The van der Waals surface area contributed by atoms with Crippen molar-refractivity contribution in [3.63, 3.8) is 0 Å². The summed E-state index contributed by atoms with van der Waals surface area (Å²) in [6, 6.07) is 7.94. The van der Waals surface area contributed by atoms with Crippen LogP contribution in [-0.2, 0) is 22.4 Å².